The summed E-state index contributed by atoms with van der Waals surface area (Å²) in [6, 6.07) is 16.6. The van der Waals surface area contributed by atoms with Gasteiger partial charge in [-0.2, -0.15) is 5.10 Å². The molecule has 0 saturated carbocycles. The fourth-order valence-electron chi connectivity index (χ4n) is 6.08. The van der Waals surface area contributed by atoms with Crippen LogP contribution in [-0.2, 0) is 15.0 Å². The molecule has 6 rings (SSSR count). The predicted molar refractivity (Wildman–Crippen MR) is 137 cm³/mol. The van der Waals surface area contributed by atoms with E-state index >= 15 is 4.39 Å². The summed E-state index contributed by atoms with van der Waals surface area (Å²) < 4.78 is 15.7. The maximum Gasteiger partial charge on any atom is 0.259 e. The monoisotopic (exact) mass is 522 g/mol. The molecular formula is C27H21Cl2FN4O2. The van der Waals surface area contributed by atoms with Crippen LogP contribution in [0.1, 0.15) is 40.6 Å². The second-order valence-corrected chi connectivity index (χ2v) is 10.3. The summed E-state index contributed by atoms with van der Waals surface area (Å²) in [5.41, 5.74) is 4.36. The van der Waals surface area contributed by atoms with Crippen LogP contribution in [-0.4, -0.2) is 29.1 Å². The number of piperidine rings is 1. The van der Waals surface area contributed by atoms with Crippen molar-refractivity contribution in [2.24, 2.45) is 5.10 Å². The van der Waals surface area contributed by atoms with Gasteiger partial charge in [-0.3, -0.25) is 9.59 Å². The fourth-order valence-corrected chi connectivity index (χ4v) is 6.45. The first-order chi connectivity index (χ1) is 17.3. The van der Waals surface area contributed by atoms with Crippen molar-refractivity contribution in [1.29, 1.82) is 0 Å². The number of hydrogen-bond acceptors (Lipinski definition) is 4. The number of hydrogen-bond donors (Lipinski definition) is 2. The summed E-state index contributed by atoms with van der Waals surface area (Å²) in [4.78, 5) is 28.6. The Bertz CT molecular complexity index is 1460. The first kappa shape index (κ1) is 23.0. The fraction of sp³-hybridized carbons (Fsp3) is 0.222. The van der Waals surface area contributed by atoms with Crippen molar-refractivity contribution in [3.8, 4) is 0 Å². The van der Waals surface area contributed by atoms with Crippen molar-refractivity contribution in [2.45, 2.75) is 30.7 Å². The first-order valence-electron chi connectivity index (χ1n) is 11.5. The van der Waals surface area contributed by atoms with E-state index in [9.17, 15) is 9.59 Å². The molecular weight excluding hydrogens is 502 g/mol. The lowest BCUT2D eigenvalue weighted by Crippen LogP contribution is -2.61. The van der Waals surface area contributed by atoms with E-state index in [1.165, 1.54) is 6.07 Å². The van der Waals surface area contributed by atoms with Gasteiger partial charge in [-0.1, -0.05) is 53.5 Å². The van der Waals surface area contributed by atoms with Crippen LogP contribution in [0.2, 0.25) is 10.0 Å². The molecule has 2 N–H and O–H groups in total. The molecule has 0 unspecified atom stereocenters. The van der Waals surface area contributed by atoms with E-state index < -0.39 is 23.2 Å². The smallest absolute Gasteiger partial charge is 0.259 e. The van der Waals surface area contributed by atoms with Crippen LogP contribution in [0.15, 0.2) is 65.8 Å². The first-order valence-corrected chi connectivity index (χ1v) is 12.3. The Hall–Kier alpha value is -3.42. The molecule has 0 aliphatic carbocycles. The van der Waals surface area contributed by atoms with Crippen LogP contribution >= 0.6 is 23.2 Å². The molecule has 0 aromatic heterocycles. The van der Waals surface area contributed by atoms with Gasteiger partial charge in [-0.05, 0) is 53.9 Å². The minimum atomic E-state index is -1.30. The van der Waals surface area contributed by atoms with Crippen molar-refractivity contribution in [3.05, 3.63) is 98.8 Å². The van der Waals surface area contributed by atoms with E-state index in [1.54, 1.807) is 29.2 Å². The number of nitrogens with zero attached hydrogens (tertiary/aromatic N) is 2. The number of nitrogens with one attached hydrogen (secondary N) is 2. The van der Waals surface area contributed by atoms with Gasteiger partial charge in [0, 0.05) is 33.6 Å². The van der Waals surface area contributed by atoms with E-state index in [0.29, 0.717) is 44.7 Å². The van der Waals surface area contributed by atoms with Crippen LogP contribution in [0.25, 0.3) is 0 Å². The maximum absolute atomic E-state index is 15.7. The summed E-state index contributed by atoms with van der Waals surface area (Å²) in [7, 11) is 0. The topological polar surface area (TPSA) is 73.8 Å². The highest BCUT2D eigenvalue weighted by Gasteiger charge is 2.64. The number of carbonyl (C=O) groups excluding carboxylic acids is 2. The lowest BCUT2D eigenvalue weighted by molar-refractivity contribution is -0.128. The summed E-state index contributed by atoms with van der Waals surface area (Å²) in [6.45, 7) is 1.75. The average molecular weight is 523 g/mol. The van der Waals surface area contributed by atoms with Crippen molar-refractivity contribution in [1.82, 2.24) is 10.3 Å². The standard InChI is InChI=1S/C27H21Cl2FN4O2/c1-14-4-2-7-20(30)24(14)25-27(18-9-8-17(29)11-21(18)31-26(27)36)19(15-5-3-6-16(28)10-15)12-22-32-33-23(35)13-34(22)25/h2-11,19,25H,12-13H2,1H3,(H,31,36)(H,33,35)/t19-,25-,27-/m0/s1. The van der Waals surface area contributed by atoms with Gasteiger partial charge in [0.25, 0.3) is 5.91 Å². The number of hydrazone groups is 1. The van der Waals surface area contributed by atoms with Gasteiger partial charge in [0.1, 0.15) is 23.6 Å². The van der Waals surface area contributed by atoms with Crippen molar-refractivity contribution in [3.63, 3.8) is 0 Å². The molecule has 9 heteroatoms. The van der Waals surface area contributed by atoms with Gasteiger partial charge >= 0.3 is 0 Å². The zero-order valence-corrected chi connectivity index (χ0v) is 20.7. The number of rotatable bonds is 2. The second kappa shape index (κ2) is 8.32. The molecule has 182 valence electrons. The molecule has 2 amide bonds. The average Bonchev–Trinajstić information content (AvgIpc) is 3.11. The van der Waals surface area contributed by atoms with Gasteiger partial charge in [0.05, 0.1) is 6.04 Å². The summed E-state index contributed by atoms with van der Waals surface area (Å²) in [5.74, 6) is -0.960. The lowest BCUT2D eigenvalue weighted by atomic mass is 9.58. The Balaban J connectivity index is 1.73. The molecule has 1 spiro atoms. The number of anilines is 1. The van der Waals surface area contributed by atoms with Crippen LogP contribution in [0.4, 0.5) is 10.1 Å². The van der Waals surface area contributed by atoms with Crippen molar-refractivity contribution >= 4 is 46.5 Å². The van der Waals surface area contributed by atoms with E-state index in [1.807, 2.05) is 37.3 Å². The van der Waals surface area contributed by atoms with E-state index in [4.69, 9.17) is 23.2 Å². The van der Waals surface area contributed by atoms with Crippen molar-refractivity contribution in [2.75, 3.05) is 11.9 Å². The SMILES string of the molecule is Cc1cccc(F)c1[C@@H]1N2CC(=O)NN=C2C[C@@H](c2cccc(Cl)c2)[C@]12C(=O)Nc1cc(Cl)ccc12. The van der Waals surface area contributed by atoms with Gasteiger partial charge < -0.3 is 10.2 Å². The summed E-state index contributed by atoms with van der Waals surface area (Å²) >= 11 is 12.7. The van der Waals surface area contributed by atoms with Crippen LogP contribution < -0.4 is 10.7 Å². The molecule has 3 aliphatic rings. The highest BCUT2D eigenvalue weighted by molar-refractivity contribution is 6.31. The van der Waals surface area contributed by atoms with E-state index in [-0.39, 0.29) is 18.4 Å². The normalized spacial score (nSPS) is 24.7. The number of benzene rings is 3. The molecule has 3 aliphatic heterocycles. The van der Waals surface area contributed by atoms with Crippen LogP contribution in [0, 0.1) is 12.7 Å². The largest absolute Gasteiger partial charge is 0.341 e. The molecule has 36 heavy (non-hydrogen) atoms. The Morgan fingerprint density at radius 1 is 1.06 bits per heavy atom. The molecule has 3 atom stereocenters. The van der Waals surface area contributed by atoms with E-state index in [0.717, 1.165) is 5.56 Å². The highest BCUT2D eigenvalue weighted by Crippen LogP contribution is 2.61. The quantitative estimate of drug-likeness (QED) is 0.479. The molecule has 3 heterocycles. The minimum Gasteiger partial charge on any atom is -0.341 e. The van der Waals surface area contributed by atoms with Gasteiger partial charge in [-0.15, -0.1) is 0 Å². The Labute approximate surface area is 217 Å². The molecule has 0 bridgehead atoms. The summed E-state index contributed by atoms with van der Waals surface area (Å²) in [5, 5.41) is 8.36. The van der Waals surface area contributed by atoms with Crippen molar-refractivity contribution < 1.29 is 14.0 Å². The Kier molecular flexibility index (Phi) is 5.32. The highest BCUT2D eigenvalue weighted by atomic mass is 35.5. The van der Waals surface area contributed by atoms with Crippen LogP contribution in [0.5, 0.6) is 0 Å². The predicted octanol–water partition coefficient (Wildman–Crippen LogP) is 5.30. The maximum atomic E-state index is 15.7. The minimum absolute atomic E-state index is 0.0580. The van der Waals surface area contributed by atoms with Gasteiger partial charge in [0.2, 0.25) is 5.91 Å². The van der Waals surface area contributed by atoms with Crippen LogP contribution in [0.3, 0.4) is 0 Å². The van der Waals surface area contributed by atoms with Gasteiger partial charge in [-0.25, -0.2) is 9.82 Å². The third kappa shape index (κ3) is 3.26. The Morgan fingerprint density at radius 2 is 1.83 bits per heavy atom. The number of halogens is 3. The third-order valence-corrected chi connectivity index (χ3v) is 7.95. The second-order valence-electron chi connectivity index (χ2n) is 9.39. The Morgan fingerprint density at radius 3 is 2.61 bits per heavy atom. The zero-order chi connectivity index (χ0) is 25.2. The van der Waals surface area contributed by atoms with E-state index in [2.05, 4.69) is 15.8 Å². The lowest BCUT2D eigenvalue weighted by Gasteiger charge is -2.53. The van der Waals surface area contributed by atoms with Gasteiger partial charge in [0.15, 0.2) is 0 Å². The zero-order valence-electron chi connectivity index (χ0n) is 19.2. The third-order valence-electron chi connectivity index (χ3n) is 7.48. The molecule has 3 aromatic carbocycles. The number of aryl methyl sites for hydroxylation is 1. The molecule has 6 nitrogen and oxygen atoms in total. The number of amides is 2. The molecule has 1 saturated heterocycles. The number of fused-ring (bicyclic) bond motifs is 3. The molecule has 0 radical (unpaired) electrons. The number of amidine groups is 1. The number of carbonyl (C=O) groups is 2. The molecule has 3 aromatic rings. The molecule has 1 fully saturated rings. The summed E-state index contributed by atoms with van der Waals surface area (Å²) in [6.07, 6.45) is 0.333.